The van der Waals surface area contributed by atoms with E-state index in [0.29, 0.717) is 24.8 Å². The zero-order valence-corrected chi connectivity index (χ0v) is 38.3. The Kier molecular flexibility index (Phi) is 13.1. The van der Waals surface area contributed by atoms with Gasteiger partial charge in [0.2, 0.25) is 0 Å². The largest absolute Gasteiger partial charge is 0.479 e. The molecule has 9 N–H and O–H groups in total. The van der Waals surface area contributed by atoms with E-state index in [1.54, 1.807) is 19.9 Å². The van der Waals surface area contributed by atoms with Crippen molar-refractivity contribution in [3.05, 3.63) is 23.3 Å². The normalized spacial score (nSPS) is 50.5. The van der Waals surface area contributed by atoms with Crippen LogP contribution in [-0.2, 0) is 33.3 Å². The van der Waals surface area contributed by atoms with Gasteiger partial charge < -0.3 is 69.6 Å². The highest BCUT2D eigenvalue weighted by Gasteiger charge is 2.72. The Labute approximate surface area is 370 Å². The molecule has 20 atom stereocenters. The van der Waals surface area contributed by atoms with E-state index in [4.69, 9.17) is 23.7 Å². The number of carbonyl (C=O) groups is 2. The van der Waals surface area contributed by atoms with E-state index >= 15 is 0 Å². The van der Waals surface area contributed by atoms with Crippen LogP contribution in [0.1, 0.15) is 114 Å². The molecule has 63 heavy (non-hydrogen) atoms. The van der Waals surface area contributed by atoms with Crippen molar-refractivity contribution < 1.29 is 79.2 Å². The topological polar surface area (TPSA) is 262 Å². The molecule has 0 aromatic heterocycles. The third-order valence-electron chi connectivity index (χ3n) is 18.3. The number of esters is 1. The Morgan fingerprint density at radius 3 is 2.08 bits per heavy atom. The first-order chi connectivity index (χ1) is 29.3. The molecular weight excluding hydrogens is 821 g/mol. The molecule has 7 aliphatic rings. The van der Waals surface area contributed by atoms with Gasteiger partial charge in [0.15, 0.2) is 18.7 Å². The summed E-state index contributed by atoms with van der Waals surface area (Å²) in [6, 6.07) is 0. The molecule has 16 nitrogen and oxygen atoms in total. The van der Waals surface area contributed by atoms with Gasteiger partial charge in [-0.3, -0.25) is 0 Å². The van der Waals surface area contributed by atoms with Gasteiger partial charge in [-0.2, -0.15) is 0 Å². The van der Waals surface area contributed by atoms with Crippen molar-refractivity contribution in [2.75, 3.05) is 13.2 Å². The maximum Gasteiger partial charge on any atom is 0.335 e. The van der Waals surface area contributed by atoms with Crippen LogP contribution in [0.4, 0.5) is 0 Å². The molecule has 16 heteroatoms. The highest BCUT2D eigenvalue weighted by atomic mass is 16.7. The Balaban J connectivity index is 1.15. The van der Waals surface area contributed by atoms with Gasteiger partial charge in [0, 0.05) is 5.57 Å². The summed E-state index contributed by atoms with van der Waals surface area (Å²) in [5.41, 5.74) is -1.01. The fourth-order valence-corrected chi connectivity index (χ4v) is 14.4. The van der Waals surface area contributed by atoms with Crippen LogP contribution in [0.25, 0.3) is 0 Å². The first-order valence-electron chi connectivity index (χ1n) is 23.0. The van der Waals surface area contributed by atoms with Crippen LogP contribution in [0.3, 0.4) is 0 Å². The number of aliphatic hydroxyl groups is 8. The van der Waals surface area contributed by atoms with E-state index in [9.17, 15) is 55.5 Å². The zero-order chi connectivity index (χ0) is 46.6. The Morgan fingerprint density at radius 2 is 1.46 bits per heavy atom. The van der Waals surface area contributed by atoms with Crippen molar-refractivity contribution in [1.82, 2.24) is 0 Å². The lowest BCUT2D eigenvalue weighted by Gasteiger charge is -2.72. The van der Waals surface area contributed by atoms with Crippen molar-refractivity contribution in [2.45, 2.75) is 193 Å². The summed E-state index contributed by atoms with van der Waals surface area (Å²) in [5, 5.41) is 97.6. The summed E-state index contributed by atoms with van der Waals surface area (Å²) in [6.45, 7) is 18.1. The van der Waals surface area contributed by atoms with Gasteiger partial charge in [0.1, 0.15) is 48.8 Å². The van der Waals surface area contributed by atoms with Crippen LogP contribution in [0.5, 0.6) is 0 Å². The van der Waals surface area contributed by atoms with Gasteiger partial charge in [-0.05, 0) is 110 Å². The lowest BCUT2D eigenvalue weighted by Crippen LogP contribution is -2.69. The minimum Gasteiger partial charge on any atom is -0.479 e. The first kappa shape index (κ1) is 48.9. The number of aliphatic hydroxyl groups excluding tert-OH is 8. The second-order valence-corrected chi connectivity index (χ2v) is 22.3. The number of fused-ring (bicyclic) bond motifs is 7. The quantitative estimate of drug-likeness (QED) is 0.0697. The molecule has 2 saturated heterocycles. The zero-order valence-electron chi connectivity index (χ0n) is 38.3. The second-order valence-electron chi connectivity index (χ2n) is 22.3. The predicted molar refractivity (Wildman–Crippen MR) is 224 cm³/mol. The summed E-state index contributed by atoms with van der Waals surface area (Å²) in [6.07, 6.45) is -10.2. The number of aliphatic carboxylic acids is 1. The van der Waals surface area contributed by atoms with Crippen LogP contribution in [-0.4, -0.2) is 151 Å². The van der Waals surface area contributed by atoms with Crippen molar-refractivity contribution in [3.63, 3.8) is 0 Å². The SMILES string of the molecule is C/C=C(\C)C(=O)O[C@H]1CC(C)(C)C[C@H]2C3=CC[C@@H]4[C@@]5(C)CC[C@H](O[C@@H]6O[C@H](C(=O)O)[C@@H](O)[C@H](O[C@@H]7O[C@H](CO)[C@@H](O)[C@H](O)[C@H]7O)[C@H]6O)C(C)(C)[C@@H]5CC[C@@]4(C)[C@]3(C)C[C@H](O)[C@@]12CO. The number of hydrogen-bond acceptors (Lipinski definition) is 15. The highest BCUT2D eigenvalue weighted by molar-refractivity contribution is 5.87. The molecule has 358 valence electrons. The molecule has 0 aromatic carbocycles. The van der Waals surface area contributed by atoms with Crippen LogP contribution in [0.2, 0.25) is 0 Å². The number of ether oxygens (including phenoxy) is 5. The van der Waals surface area contributed by atoms with Gasteiger partial charge in [0.05, 0.1) is 30.8 Å². The third-order valence-corrected chi connectivity index (χ3v) is 18.3. The highest BCUT2D eigenvalue weighted by Crippen LogP contribution is 2.76. The maximum absolute atomic E-state index is 13.3. The third kappa shape index (κ3) is 7.49. The van der Waals surface area contributed by atoms with Crippen LogP contribution >= 0.6 is 0 Å². The summed E-state index contributed by atoms with van der Waals surface area (Å²) in [7, 11) is 0. The standard InChI is InChI=1S/C47H74O16/c1-10-22(2)39(58)60-30-19-42(3,4)17-24-23-11-12-27-44(7)15-14-29(43(5,6)26(44)13-16-45(27,8)46(23,9)18-28(50)47(24,30)21-49)61-41-35(55)36(34(54)37(63-41)38(56)57)62-40-33(53)32(52)31(51)25(20-48)59-40/h10-11,24-37,40-41,48-55H,12-21H2,1-9H3,(H,56,57)/b22-10+/t24-,25+,26-,27+,28-,29-,30-,31+,32-,33+,34-,35+,36-,37-,40-,41+,44-,45+,46+,47-/m0/s1. The Morgan fingerprint density at radius 1 is 0.794 bits per heavy atom. The Bertz CT molecular complexity index is 1800. The molecule has 0 aromatic rings. The monoisotopic (exact) mass is 894 g/mol. The minimum absolute atomic E-state index is 0.0976. The number of carboxylic acid groups (broad SMARTS) is 1. The van der Waals surface area contributed by atoms with Crippen LogP contribution in [0, 0.1) is 50.2 Å². The predicted octanol–water partition coefficient (Wildman–Crippen LogP) is 2.34. The van der Waals surface area contributed by atoms with Crippen molar-refractivity contribution in [2.24, 2.45) is 50.2 Å². The van der Waals surface area contributed by atoms with Crippen LogP contribution < -0.4 is 0 Å². The average Bonchev–Trinajstić information content (AvgIpc) is 3.20. The number of carbonyl (C=O) groups excluding carboxylic acids is 1. The van der Waals surface area contributed by atoms with Gasteiger partial charge in [-0.15, -0.1) is 0 Å². The average molecular weight is 895 g/mol. The molecule has 2 aliphatic heterocycles. The number of carboxylic acids is 1. The maximum atomic E-state index is 13.3. The summed E-state index contributed by atoms with van der Waals surface area (Å²) < 4.78 is 29.8. The second kappa shape index (κ2) is 16.9. The van der Waals surface area contributed by atoms with Gasteiger partial charge in [-0.25, -0.2) is 9.59 Å². The van der Waals surface area contributed by atoms with Crippen molar-refractivity contribution in [1.29, 1.82) is 0 Å². The van der Waals surface area contributed by atoms with Crippen molar-refractivity contribution >= 4 is 11.9 Å². The van der Waals surface area contributed by atoms with E-state index in [1.165, 1.54) is 5.57 Å². The molecule has 2 heterocycles. The van der Waals surface area contributed by atoms with Gasteiger partial charge in [-0.1, -0.05) is 66.2 Å². The molecule has 0 unspecified atom stereocenters. The molecule has 5 aliphatic carbocycles. The lowest BCUT2D eigenvalue weighted by molar-refractivity contribution is -0.365. The lowest BCUT2D eigenvalue weighted by atomic mass is 9.33. The molecule has 0 amide bonds. The first-order valence-corrected chi connectivity index (χ1v) is 23.0. The smallest absolute Gasteiger partial charge is 0.335 e. The van der Waals surface area contributed by atoms with E-state index in [1.807, 2.05) is 0 Å². The minimum atomic E-state index is -1.96. The number of hydrogen-bond donors (Lipinski definition) is 9. The summed E-state index contributed by atoms with van der Waals surface area (Å²) >= 11 is 0. The number of allylic oxidation sites excluding steroid dienone is 3. The molecule has 4 saturated carbocycles. The van der Waals surface area contributed by atoms with E-state index in [0.717, 1.165) is 32.1 Å². The van der Waals surface area contributed by atoms with E-state index < -0.39 is 115 Å². The molecular formula is C47H74O16. The van der Waals surface area contributed by atoms with Crippen molar-refractivity contribution in [3.8, 4) is 0 Å². The number of rotatable bonds is 9. The molecule has 7 rings (SSSR count). The van der Waals surface area contributed by atoms with E-state index in [2.05, 4.69) is 54.5 Å². The molecule has 0 bridgehead atoms. The summed E-state index contributed by atoms with van der Waals surface area (Å²) in [4.78, 5) is 25.7. The van der Waals surface area contributed by atoms with E-state index in [-0.39, 0.29) is 40.6 Å². The fourth-order valence-electron chi connectivity index (χ4n) is 14.4. The molecule has 0 radical (unpaired) electrons. The molecule has 6 fully saturated rings. The van der Waals surface area contributed by atoms with Gasteiger partial charge in [0.25, 0.3) is 0 Å². The summed E-state index contributed by atoms with van der Waals surface area (Å²) in [5.74, 6) is -1.91. The van der Waals surface area contributed by atoms with Gasteiger partial charge >= 0.3 is 11.9 Å². The Hall–Kier alpha value is -2.06. The van der Waals surface area contributed by atoms with Crippen LogP contribution in [0.15, 0.2) is 23.3 Å². The fraction of sp³-hybridized carbons (Fsp3) is 0.872. The molecule has 0 spiro atoms.